The molecule has 1 rings (SSSR count). The molecular formula is C13H18FN3O. The fourth-order valence-electron chi connectivity index (χ4n) is 1.54. The van der Waals surface area contributed by atoms with Gasteiger partial charge in [0.15, 0.2) is 5.84 Å². The van der Waals surface area contributed by atoms with Crippen LogP contribution in [0.3, 0.4) is 0 Å². The van der Waals surface area contributed by atoms with Gasteiger partial charge in [0.2, 0.25) is 0 Å². The summed E-state index contributed by atoms with van der Waals surface area (Å²) in [5, 5.41) is 14.6. The average molecular weight is 251 g/mol. The highest BCUT2D eigenvalue weighted by molar-refractivity contribution is 5.97. The SMILES string of the molecule is C/C=C/CCNCc1cc(F)cc(/C(N)=N/O)c1. The van der Waals surface area contributed by atoms with Crippen LogP contribution in [0.2, 0.25) is 0 Å². The van der Waals surface area contributed by atoms with Crippen LogP contribution in [0.5, 0.6) is 0 Å². The average Bonchev–Trinajstić information content (AvgIpc) is 2.37. The molecule has 0 amide bonds. The van der Waals surface area contributed by atoms with E-state index in [2.05, 4.69) is 16.5 Å². The van der Waals surface area contributed by atoms with E-state index in [9.17, 15) is 4.39 Å². The Bertz CT molecular complexity index is 444. The van der Waals surface area contributed by atoms with Crippen LogP contribution in [-0.4, -0.2) is 17.6 Å². The number of halogens is 1. The maximum absolute atomic E-state index is 13.3. The molecule has 98 valence electrons. The smallest absolute Gasteiger partial charge is 0.170 e. The standard InChI is InChI=1S/C13H18FN3O/c1-2-3-4-5-16-9-10-6-11(13(15)17-18)8-12(14)7-10/h2-3,6-8,16,18H,4-5,9H2,1H3,(H2,15,17)/b3-2+. The minimum absolute atomic E-state index is 0.0929. The summed E-state index contributed by atoms with van der Waals surface area (Å²) in [5.41, 5.74) is 6.57. The normalized spacial score (nSPS) is 12.2. The first-order valence-corrected chi connectivity index (χ1v) is 5.76. The second kappa shape index (κ2) is 7.45. The van der Waals surface area contributed by atoms with Gasteiger partial charge in [0.1, 0.15) is 5.82 Å². The van der Waals surface area contributed by atoms with Crippen molar-refractivity contribution in [2.24, 2.45) is 10.9 Å². The third-order valence-corrected chi connectivity index (χ3v) is 2.41. The Hall–Kier alpha value is -1.88. The van der Waals surface area contributed by atoms with Gasteiger partial charge in [-0.3, -0.25) is 0 Å². The number of hydrogen-bond acceptors (Lipinski definition) is 3. The van der Waals surface area contributed by atoms with E-state index >= 15 is 0 Å². The van der Waals surface area contributed by atoms with Gasteiger partial charge in [-0.15, -0.1) is 0 Å². The molecule has 0 radical (unpaired) electrons. The highest BCUT2D eigenvalue weighted by atomic mass is 19.1. The lowest BCUT2D eigenvalue weighted by Gasteiger charge is -2.06. The Labute approximate surface area is 106 Å². The van der Waals surface area contributed by atoms with E-state index in [1.54, 1.807) is 6.07 Å². The zero-order valence-electron chi connectivity index (χ0n) is 10.4. The van der Waals surface area contributed by atoms with E-state index in [4.69, 9.17) is 10.9 Å². The molecular weight excluding hydrogens is 233 g/mol. The second-order valence-electron chi connectivity index (χ2n) is 3.87. The number of nitrogens with two attached hydrogens (primary N) is 1. The van der Waals surface area contributed by atoms with E-state index in [1.165, 1.54) is 12.1 Å². The zero-order valence-corrected chi connectivity index (χ0v) is 10.4. The van der Waals surface area contributed by atoms with Crippen molar-refractivity contribution in [2.75, 3.05) is 6.54 Å². The van der Waals surface area contributed by atoms with Crippen molar-refractivity contribution >= 4 is 5.84 Å². The van der Waals surface area contributed by atoms with Gasteiger partial charge in [0.05, 0.1) is 0 Å². The Morgan fingerprint density at radius 2 is 2.28 bits per heavy atom. The summed E-state index contributed by atoms with van der Waals surface area (Å²) < 4.78 is 13.3. The highest BCUT2D eigenvalue weighted by Crippen LogP contribution is 2.09. The molecule has 0 unspecified atom stereocenters. The summed E-state index contributed by atoms with van der Waals surface area (Å²) in [6.07, 6.45) is 4.97. The molecule has 1 aromatic rings. The fraction of sp³-hybridized carbons (Fsp3) is 0.308. The second-order valence-corrected chi connectivity index (χ2v) is 3.87. The van der Waals surface area contributed by atoms with Gasteiger partial charge >= 0.3 is 0 Å². The third kappa shape index (κ3) is 4.55. The van der Waals surface area contributed by atoms with E-state index in [-0.39, 0.29) is 5.84 Å². The number of allylic oxidation sites excluding steroid dienone is 1. The van der Waals surface area contributed by atoms with Gasteiger partial charge < -0.3 is 16.3 Å². The Morgan fingerprint density at radius 1 is 1.50 bits per heavy atom. The number of hydrogen-bond donors (Lipinski definition) is 3. The number of benzene rings is 1. The molecule has 0 fully saturated rings. The quantitative estimate of drug-likeness (QED) is 0.181. The molecule has 18 heavy (non-hydrogen) atoms. The molecule has 0 spiro atoms. The van der Waals surface area contributed by atoms with Crippen LogP contribution >= 0.6 is 0 Å². The van der Waals surface area contributed by atoms with Crippen LogP contribution in [0.15, 0.2) is 35.5 Å². The topological polar surface area (TPSA) is 70.6 Å². The molecule has 5 heteroatoms. The van der Waals surface area contributed by atoms with Gasteiger partial charge in [-0.2, -0.15) is 0 Å². The molecule has 4 N–H and O–H groups in total. The molecule has 0 aromatic heterocycles. The number of nitrogens with zero attached hydrogens (tertiary/aromatic N) is 1. The summed E-state index contributed by atoms with van der Waals surface area (Å²) in [6, 6.07) is 4.36. The molecule has 0 heterocycles. The van der Waals surface area contributed by atoms with Gasteiger partial charge in [-0.1, -0.05) is 17.3 Å². The molecule has 1 aromatic carbocycles. The minimum atomic E-state index is -0.399. The molecule has 0 atom stereocenters. The highest BCUT2D eigenvalue weighted by Gasteiger charge is 2.04. The van der Waals surface area contributed by atoms with E-state index in [0.29, 0.717) is 12.1 Å². The lowest BCUT2D eigenvalue weighted by Crippen LogP contribution is -2.17. The number of amidine groups is 1. The number of nitrogens with one attached hydrogen (secondary N) is 1. The van der Waals surface area contributed by atoms with Crippen molar-refractivity contribution in [3.05, 3.63) is 47.3 Å². The lowest BCUT2D eigenvalue weighted by molar-refractivity contribution is 0.318. The van der Waals surface area contributed by atoms with Crippen LogP contribution < -0.4 is 11.1 Å². The van der Waals surface area contributed by atoms with E-state index < -0.39 is 5.82 Å². The first kappa shape index (κ1) is 14.2. The number of oxime groups is 1. The number of rotatable bonds is 6. The maximum Gasteiger partial charge on any atom is 0.170 e. The van der Waals surface area contributed by atoms with Crippen molar-refractivity contribution in [1.82, 2.24) is 5.32 Å². The van der Waals surface area contributed by atoms with Crippen molar-refractivity contribution < 1.29 is 9.60 Å². The first-order chi connectivity index (χ1) is 8.67. The zero-order chi connectivity index (χ0) is 13.4. The largest absolute Gasteiger partial charge is 0.409 e. The maximum atomic E-state index is 13.3. The van der Waals surface area contributed by atoms with Crippen molar-refractivity contribution in [3.8, 4) is 0 Å². The monoisotopic (exact) mass is 251 g/mol. The molecule has 0 aliphatic rings. The summed E-state index contributed by atoms with van der Waals surface area (Å²) >= 11 is 0. The van der Waals surface area contributed by atoms with Gasteiger partial charge in [0.25, 0.3) is 0 Å². The first-order valence-electron chi connectivity index (χ1n) is 5.76. The van der Waals surface area contributed by atoms with Crippen LogP contribution in [0.25, 0.3) is 0 Å². The minimum Gasteiger partial charge on any atom is -0.409 e. The lowest BCUT2D eigenvalue weighted by atomic mass is 10.1. The molecule has 4 nitrogen and oxygen atoms in total. The van der Waals surface area contributed by atoms with Gasteiger partial charge in [-0.05, 0) is 43.7 Å². The van der Waals surface area contributed by atoms with Crippen molar-refractivity contribution in [1.29, 1.82) is 0 Å². The van der Waals surface area contributed by atoms with E-state index in [0.717, 1.165) is 18.5 Å². The molecule has 0 saturated carbocycles. The van der Waals surface area contributed by atoms with Crippen LogP contribution in [0.4, 0.5) is 4.39 Å². The predicted molar refractivity (Wildman–Crippen MR) is 70.0 cm³/mol. The summed E-state index contributed by atoms with van der Waals surface area (Å²) in [4.78, 5) is 0. The molecule has 0 saturated heterocycles. The van der Waals surface area contributed by atoms with Gasteiger partial charge in [-0.25, -0.2) is 4.39 Å². The predicted octanol–water partition coefficient (Wildman–Crippen LogP) is 1.98. The van der Waals surface area contributed by atoms with Crippen LogP contribution in [0.1, 0.15) is 24.5 Å². The van der Waals surface area contributed by atoms with Crippen LogP contribution in [-0.2, 0) is 6.54 Å². The van der Waals surface area contributed by atoms with Crippen LogP contribution in [0, 0.1) is 5.82 Å². The summed E-state index contributed by atoms with van der Waals surface area (Å²) in [6.45, 7) is 3.33. The fourth-order valence-corrected chi connectivity index (χ4v) is 1.54. The third-order valence-electron chi connectivity index (χ3n) is 2.41. The Morgan fingerprint density at radius 3 is 2.94 bits per heavy atom. The summed E-state index contributed by atoms with van der Waals surface area (Å²) in [7, 11) is 0. The van der Waals surface area contributed by atoms with Crippen molar-refractivity contribution in [2.45, 2.75) is 19.9 Å². The Balaban J connectivity index is 2.63. The molecule has 0 aliphatic carbocycles. The van der Waals surface area contributed by atoms with Crippen molar-refractivity contribution in [3.63, 3.8) is 0 Å². The molecule has 0 aliphatic heterocycles. The van der Waals surface area contributed by atoms with Gasteiger partial charge in [0, 0.05) is 12.1 Å². The summed E-state index contributed by atoms with van der Waals surface area (Å²) in [5.74, 6) is -0.492. The van der Waals surface area contributed by atoms with E-state index in [1.807, 2.05) is 13.0 Å². The Kier molecular flexibility index (Phi) is 5.87. The molecule has 0 bridgehead atoms.